The van der Waals surface area contributed by atoms with Gasteiger partial charge in [0.1, 0.15) is 6.10 Å². The number of fused-ring (bicyclic) bond motifs is 1. The Hall–Kier alpha value is 0.160. The highest BCUT2D eigenvalue weighted by Gasteiger charge is 2.76. The van der Waals surface area contributed by atoms with E-state index in [0.29, 0.717) is 5.92 Å². The highest BCUT2D eigenvalue weighted by molar-refractivity contribution is 14.1. The van der Waals surface area contributed by atoms with E-state index in [1.165, 1.54) is 6.42 Å². The van der Waals surface area contributed by atoms with Crippen LogP contribution in [-0.2, 0) is 9.53 Å². The molecule has 3 rings (SSSR count). The molecule has 1 aliphatic heterocycles. The van der Waals surface area contributed by atoms with E-state index in [2.05, 4.69) is 36.4 Å². The number of halogens is 1. The highest BCUT2D eigenvalue weighted by atomic mass is 127. The smallest absolute Gasteiger partial charge is 0.309 e. The number of alkyl halides is 1. The molecule has 96 valence electrons. The van der Waals surface area contributed by atoms with Crippen LogP contribution in [0.5, 0.6) is 0 Å². The molecular formula is C13H19IO3. The fraction of sp³-hybridized carbons (Fsp3) is 0.923. The van der Waals surface area contributed by atoms with Crippen LogP contribution in [0.3, 0.4) is 0 Å². The summed E-state index contributed by atoms with van der Waals surface area (Å²) >= 11 is 2.28. The van der Waals surface area contributed by atoms with Crippen molar-refractivity contribution < 1.29 is 14.6 Å². The molecule has 1 heterocycles. The standard InChI is InChI=1S/C13H19IO3/c1-11(2)8-3-4-13(11)9(7-14)17-10(15)6-12(13,16)5-8/h8-9,16H,3-7H2,1-2H3/t8-,9-,12+,13+/m1/s1. The molecule has 0 aromatic rings. The van der Waals surface area contributed by atoms with Crippen LogP contribution >= 0.6 is 22.6 Å². The maximum absolute atomic E-state index is 11.7. The predicted octanol–water partition coefficient (Wildman–Crippen LogP) is 2.29. The number of carbonyl (C=O) groups excluding carboxylic acids is 1. The van der Waals surface area contributed by atoms with Gasteiger partial charge < -0.3 is 9.84 Å². The maximum atomic E-state index is 11.7. The molecule has 0 aromatic heterocycles. The summed E-state index contributed by atoms with van der Waals surface area (Å²) in [5.74, 6) is 0.315. The molecular weight excluding hydrogens is 331 g/mol. The third kappa shape index (κ3) is 1.19. The van der Waals surface area contributed by atoms with Crippen LogP contribution in [0.25, 0.3) is 0 Å². The third-order valence-electron chi connectivity index (χ3n) is 5.87. The van der Waals surface area contributed by atoms with Gasteiger partial charge in [-0.05, 0) is 30.6 Å². The minimum atomic E-state index is -0.815. The quantitative estimate of drug-likeness (QED) is 0.449. The summed E-state index contributed by atoms with van der Waals surface area (Å²) in [4.78, 5) is 11.7. The van der Waals surface area contributed by atoms with Crippen LogP contribution in [0.15, 0.2) is 0 Å². The van der Waals surface area contributed by atoms with Crippen molar-refractivity contribution in [3.8, 4) is 0 Å². The van der Waals surface area contributed by atoms with Gasteiger partial charge in [0.2, 0.25) is 0 Å². The highest BCUT2D eigenvalue weighted by Crippen LogP contribution is 2.73. The molecule has 2 saturated carbocycles. The molecule has 1 saturated heterocycles. The van der Waals surface area contributed by atoms with Gasteiger partial charge in [0.05, 0.1) is 12.0 Å². The van der Waals surface area contributed by atoms with Crippen LogP contribution in [0.1, 0.15) is 39.5 Å². The summed E-state index contributed by atoms with van der Waals surface area (Å²) in [5.41, 5.74) is -0.942. The number of hydrogen-bond acceptors (Lipinski definition) is 3. The first-order chi connectivity index (χ1) is 7.87. The van der Waals surface area contributed by atoms with Crippen molar-refractivity contribution >= 4 is 28.6 Å². The van der Waals surface area contributed by atoms with E-state index >= 15 is 0 Å². The van der Waals surface area contributed by atoms with Crippen molar-refractivity contribution in [3.05, 3.63) is 0 Å². The zero-order valence-electron chi connectivity index (χ0n) is 10.3. The van der Waals surface area contributed by atoms with Crippen molar-refractivity contribution in [2.24, 2.45) is 16.7 Å². The fourth-order valence-electron chi connectivity index (χ4n) is 5.04. The first-order valence-corrected chi connectivity index (χ1v) is 7.88. The van der Waals surface area contributed by atoms with E-state index in [9.17, 15) is 9.90 Å². The second kappa shape index (κ2) is 3.38. The number of ether oxygens (including phenoxy) is 1. The summed E-state index contributed by atoms with van der Waals surface area (Å²) < 4.78 is 6.34. The molecule has 2 bridgehead atoms. The topological polar surface area (TPSA) is 46.5 Å². The number of hydrogen-bond donors (Lipinski definition) is 1. The number of rotatable bonds is 1. The van der Waals surface area contributed by atoms with Crippen molar-refractivity contribution in [3.63, 3.8) is 0 Å². The van der Waals surface area contributed by atoms with E-state index in [1.807, 2.05) is 0 Å². The second-order valence-electron chi connectivity index (χ2n) is 6.47. The van der Waals surface area contributed by atoms with E-state index in [-0.39, 0.29) is 29.3 Å². The first kappa shape index (κ1) is 12.2. The van der Waals surface area contributed by atoms with Gasteiger partial charge in [-0.2, -0.15) is 0 Å². The summed E-state index contributed by atoms with van der Waals surface area (Å²) in [6.07, 6.45) is 3.03. The summed E-state index contributed by atoms with van der Waals surface area (Å²) in [7, 11) is 0. The van der Waals surface area contributed by atoms with Crippen LogP contribution in [0.2, 0.25) is 0 Å². The zero-order chi connectivity index (χ0) is 12.5. The Bertz CT molecular complexity index is 381. The van der Waals surface area contributed by atoms with Gasteiger partial charge in [-0.15, -0.1) is 0 Å². The Morgan fingerprint density at radius 3 is 2.82 bits per heavy atom. The molecule has 1 spiro atoms. The van der Waals surface area contributed by atoms with Gasteiger partial charge in [0, 0.05) is 9.84 Å². The lowest BCUT2D eigenvalue weighted by Gasteiger charge is -2.54. The lowest BCUT2D eigenvalue weighted by atomic mass is 9.58. The van der Waals surface area contributed by atoms with Crippen molar-refractivity contribution in [1.29, 1.82) is 0 Å². The summed E-state index contributed by atoms with van der Waals surface area (Å²) in [6.45, 7) is 4.50. The van der Waals surface area contributed by atoms with Crippen LogP contribution in [-0.4, -0.2) is 27.2 Å². The Morgan fingerprint density at radius 2 is 2.24 bits per heavy atom. The Morgan fingerprint density at radius 1 is 1.53 bits per heavy atom. The van der Waals surface area contributed by atoms with E-state index in [0.717, 1.165) is 17.3 Å². The number of aliphatic hydroxyl groups is 1. The minimum absolute atomic E-state index is 0.0816. The lowest BCUT2D eigenvalue weighted by Crippen LogP contribution is -2.62. The molecule has 2 aliphatic carbocycles. The van der Waals surface area contributed by atoms with Crippen LogP contribution in [0.4, 0.5) is 0 Å². The van der Waals surface area contributed by atoms with Crippen molar-refractivity contribution in [2.75, 3.05) is 4.43 Å². The molecule has 4 atom stereocenters. The van der Waals surface area contributed by atoms with Gasteiger partial charge in [-0.25, -0.2) is 0 Å². The number of esters is 1. The van der Waals surface area contributed by atoms with Gasteiger partial charge in [-0.3, -0.25) is 4.79 Å². The molecule has 0 amide bonds. The van der Waals surface area contributed by atoms with Crippen LogP contribution < -0.4 is 0 Å². The molecule has 1 N–H and O–H groups in total. The van der Waals surface area contributed by atoms with Gasteiger partial charge in [-0.1, -0.05) is 36.4 Å². The Balaban J connectivity index is 2.14. The third-order valence-corrected chi connectivity index (χ3v) is 6.67. The number of carbonyl (C=O) groups is 1. The van der Waals surface area contributed by atoms with Crippen LogP contribution in [0, 0.1) is 16.7 Å². The van der Waals surface area contributed by atoms with E-state index in [1.54, 1.807) is 0 Å². The average Bonchev–Trinajstić information content (AvgIpc) is 2.57. The Labute approximate surface area is 115 Å². The first-order valence-electron chi connectivity index (χ1n) is 6.35. The minimum Gasteiger partial charge on any atom is -0.461 e. The molecule has 17 heavy (non-hydrogen) atoms. The molecule has 3 nitrogen and oxygen atoms in total. The average molecular weight is 350 g/mol. The maximum Gasteiger partial charge on any atom is 0.309 e. The molecule has 3 aliphatic rings. The van der Waals surface area contributed by atoms with E-state index in [4.69, 9.17) is 4.74 Å². The monoisotopic (exact) mass is 350 g/mol. The van der Waals surface area contributed by atoms with Crippen molar-refractivity contribution in [1.82, 2.24) is 0 Å². The molecule has 4 heteroatoms. The SMILES string of the molecule is CC1(C)[C@@H]2CC[C@]13[C@@H](CI)OC(=O)C[C@@]3(O)C2. The van der Waals surface area contributed by atoms with Gasteiger partial charge in [0.25, 0.3) is 0 Å². The Kier molecular flexibility index (Phi) is 2.43. The molecule has 3 fully saturated rings. The molecule has 0 radical (unpaired) electrons. The predicted molar refractivity (Wildman–Crippen MR) is 71.9 cm³/mol. The number of cyclic esters (lactones) is 1. The fourth-order valence-corrected chi connectivity index (χ4v) is 5.97. The molecule has 0 unspecified atom stereocenters. The summed E-state index contributed by atoms with van der Waals surface area (Å²) in [6, 6.07) is 0. The lowest BCUT2D eigenvalue weighted by molar-refractivity contribution is -0.217. The second-order valence-corrected chi connectivity index (χ2v) is 7.35. The van der Waals surface area contributed by atoms with Gasteiger partial charge >= 0.3 is 5.97 Å². The normalized spacial score (nSPS) is 51.2. The zero-order valence-corrected chi connectivity index (χ0v) is 12.5. The summed E-state index contributed by atoms with van der Waals surface area (Å²) in [5, 5.41) is 11.0. The van der Waals surface area contributed by atoms with Crippen molar-refractivity contribution in [2.45, 2.75) is 51.2 Å². The van der Waals surface area contributed by atoms with E-state index < -0.39 is 5.60 Å². The van der Waals surface area contributed by atoms with Gasteiger partial charge in [0.15, 0.2) is 0 Å². The molecule has 0 aromatic carbocycles. The largest absolute Gasteiger partial charge is 0.461 e.